The highest BCUT2D eigenvalue weighted by Gasteiger charge is 2.27. The molecule has 0 fully saturated rings. The number of anilines is 1. The first-order valence-electron chi connectivity index (χ1n) is 9.86. The molecule has 0 spiro atoms. The highest BCUT2D eigenvalue weighted by atomic mass is 19.1. The quantitative estimate of drug-likeness (QED) is 0.556. The molecular formula is C24H28FN3O2. The fourth-order valence-corrected chi connectivity index (χ4v) is 3.42. The second-order valence-corrected chi connectivity index (χ2v) is 9.49. The minimum Gasteiger partial charge on any atom is -0.507 e. The number of hydrogen-bond donors (Lipinski definition) is 2. The number of phenolic OH excluding ortho intramolecular Hbond substituents is 1. The molecule has 30 heavy (non-hydrogen) atoms. The topological polar surface area (TPSA) is 67.2 Å². The number of halogens is 1. The standard InChI is InChI=1S/C24H28FN3O2/c1-23(2,3)18-11-15(12-19(22(18)30)24(4,5)6)20-13-21(26-14-29)27-28(20)17-9-7-16(25)8-10-17/h7-14,30H,1-6H3,(H,26,27,29). The van der Waals surface area contributed by atoms with E-state index < -0.39 is 0 Å². The van der Waals surface area contributed by atoms with E-state index in [4.69, 9.17) is 0 Å². The molecule has 1 aromatic heterocycles. The fraction of sp³-hybridized carbons (Fsp3) is 0.333. The summed E-state index contributed by atoms with van der Waals surface area (Å²) in [5, 5.41) is 18.1. The van der Waals surface area contributed by atoms with E-state index in [1.165, 1.54) is 12.1 Å². The molecule has 1 amide bonds. The van der Waals surface area contributed by atoms with Gasteiger partial charge in [0.05, 0.1) is 11.4 Å². The Balaban J connectivity index is 2.31. The summed E-state index contributed by atoms with van der Waals surface area (Å²) in [7, 11) is 0. The van der Waals surface area contributed by atoms with Crippen LogP contribution in [-0.4, -0.2) is 21.3 Å². The lowest BCUT2D eigenvalue weighted by Crippen LogP contribution is -2.17. The minimum absolute atomic E-state index is 0.287. The van der Waals surface area contributed by atoms with Crippen LogP contribution in [0.25, 0.3) is 16.9 Å². The first kappa shape index (κ1) is 21.6. The van der Waals surface area contributed by atoms with Crippen molar-refractivity contribution in [3.8, 4) is 22.7 Å². The average molecular weight is 410 g/mol. The van der Waals surface area contributed by atoms with Crippen LogP contribution in [0.2, 0.25) is 0 Å². The summed E-state index contributed by atoms with van der Waals surface area (Å²) in [6.07, 6.45) is 0.569. The number of nitrogens with one attached hydrogen (secondary N) is 1. The van der Waals surface area contributed by atoms with Crippen LogP contribution in [0, 0.1) is 5.82 Å². The summed E-state index contributed by atoms with van der Waals surface area (Å²) >= 11 is 0. The lowest BCUT2D eigenvalue weighted by atomic mass is 9.78. The molecule has 0 saturated carbocycles. The molecule has 0 unspecified atom stereocenters. The minimum atomic E-state index is -0.339. The maximum Gasteiger partial charge on any atom is 0.212 e. The van der Waals surface area contributed by atoms with Crippen LogP contribution in [0.1, 0.15) is 52.7 Å². The Kier molecular flexibility index (Phi) is 5.46. The van der Waals surface area contributed by atoms with Gasteiger partial charge < -0.3 is 10.4 Å². The average Bonchev–Trinajstić information content (AvgIpc) is 3.05. The van der Waals surface area contributed by atoms with Crippen LogP contribution >= 0.6 is 0 Å². The van der Waals surface area contributed by atoms with Gasteiger partial charge >= 0.3 is 0 Å². The van der Waals surface area contributed by atoms with Gasteiger partial charge in [0.25, 0.3) is 0 Å². The molecule has 2 aromatic carbocycles. The van der Waals surface area contributed by atoms with E-state index in [1.54, 1.807) is 22.9 Å². The van der Waals surface area contributed by atoms with Crippen molar-refractivity contribution in [1.82, 2.24) is 9.78 Å². The van der Waals surface area contributed by atoms with E-state index in [2.05, 4.69) is 52.0 Å². The van der Waals surface area contributed by atoms with Crippen molar-refractivity contribution in [3.05, 3.63) is 59.4 Å². The number of aromatic hydroxyl groups is 1. The number of nitrogens with zero attached hydrogens (tertiary/aromatic N) is 2. The zero-order valence-corrected chi connectivity index (χ0v) is 18.2. The Hall–Kier alpha value is -3.15. The van der Waals surface area contributed by atoms with Crippen LogP contribution in [0.15, 0.2) is 42.5 Å². The van der Waals surface area contributed by atoms with Crippen LogP contribution < -0.4 is 5.32 Å². The van der Waals surface area contributed by atoms with Crippen molar-refractivity contribution < 1.29 is 14.3 Å². The molecule has 0 atom stereocenters. The van der Waals surface area contributed by atoms with Crippen LogP contribution in [0.3, 0.4) is 0 Å². The Labute approximate surface area is 176 Å². The van der Waals surface area contributed by atoms with Crippen LogP contribution in [-0.2, 0) is 15.6 Å². The maximum atomic E-state index is 13.4. The monoisotopic (exact) mass is 409 g/mol. The van der Waals surface area contributed by atoms with Crippen LogP contribution in [0.5, 0.6) is 5.75 Å². The SMILES string of the molecule is CC(C)(C)c1cc(-c2cc(NC=O)nn2-c2ccc(F)cc2)cc(C(C)(C)C)c1O. The second kappa shape index (κ2) is 7.59. The van der Waals surface area contributed by atoms with Gasteiger partial charge in [-0.2, -0.15) is 0 Å². The van der Waals surface area contributed by atoms with Crippen LogP contribution in [0.4, 0.5) is 10.2 Å². The Bertz CT molecular complexity index is 1040. The molecule has 5 nitrogen and oxygen atoms in total. The zero-order valence-electron chi connectivity index (χ0n) is 18.2. The predicted molar refractivity (Wildman–Crippen MR) is 118 cm³/mol. The molecule has 6 heteroatoms. The Morgan fingerprint density at radius 1 is 0.967 bits per heavy atom. The number of carbonyl (C=O) groups is 1. The van der Waals surface area contributed by atoms with E-state index in [-0.39, 0.29) is 22.4 Å². The molecular weight excluding hydrogens is 381 g/mol. The number of benzene rings is 2. The number of phenols is 1. The van der Waals surface area contributed by atoms with Gasteiger partial charge in [0.15, 0.2) is 5.82 Å². The third-order valence-electron chi connectivity index (χ3n) is 5.01. The Morgan fingerprint density at radius 3 is 1.97 bits per heavy atom. The number of hydrogen-bond acceptors (Lipinski definition) is 3. The van der Waals surface area contributed by atoms with Gasteiger partial charge in [0.1, 0.15) is 11.6 Å². The highest BCUT2D eigenvalue weighted by molar-refractivity contribution is 5.75. The third-order valence-corrected chi connectivity index (χ3v) is 5.01. The summed E-state index contributed by atoms with van der Waals surface area (Å²) in [5.74, 6) is 0.332. The van der Waals surface area contributed by atoms with E-state index in [9.17, 15) is 14.3 Å². The highest BCUT2D eigenvalue weighted by Crippen LogP contribution is 2.42. The molecule has 1 heterocycles. The molecule has 2 N–H and O–H groups in total. The number of aromatic nitrogens is 2. The second-order valence-electron chi connectivity index (χ2n) is 9.49. The van der Waals surface area contributed by atoms with Crippen molar-refractivity contribution >= 4 is 12.2 Å². The first-order chi connectivity index (χ1) is 13.9. The number of rotatable bonds is 4. The van der Waals surface area contributed by atoms with E-state index in [1.807, 2.05) is 12.1 Å². The van der Waals surface area contributed by atoms with Crippen molar-refractivity contribution in [2.75, 3.05) is 5.32 Å². The van der Waals surface area contributed by atoms with E-state index >= 15 is 0 Å². The summed E-state index contributed by atoms with van der Waals surface area (Å²) in [6.45, 7) is 12.3. The lowest BCUT2D eigenvalue weighted by molar-refractivity contribution is -0.105. The number of carbonyl (C=O) groups excluding carboxylic acids is 1. The van der Waals surface area contributed by atoms with E-state index in [0.717, 1.165) is 22.4 Å². The molecule has 0 aliphatic rings. The van der Waals surface area contributed by atoms with Gasteiger partial charge in [0, 0.05) is 22.8 Å². The maximum absolute atomic E-state index is 13.4. The summed E-state index contributed by atoms with van der Waals surface area (Å²) < 4.78 is 15.1. The molecule has 0 aliphatic carbocycles. The summed E-state index contributed by atoms with van der Waals surface area (Å²) in [6, 6.07) is 11.7. The largest absolute Gasteiger partial charge is 0.507 e. The van der Waals surface area contributed by atoms with Gasteiger partial charge in [0.2, 0.25) is 6.41 Å². The van der Waals surface area contributed by atoms with Crippen molar-refractivity contribution in [2.45, 2.75) is 52.4 Å². The Morgan fingerprint density at radius 2 is 1.50 bits per heavy atom. The van der Waals surface area contributed by atoms with Gasteiger partial charge in [-0.1, -0.05) is 41.5 Å². The molecule has 0 saturated heterocycles. The van der Waals surface area contributed by atoms with Crippen molar-refractivity contribution in [1.29, 1.82) is 0 Å². The van der Waals surface area contributed by atoms with E-state index in [0.29, 0.717) is 17.9 Å². The third kappa shape index (κ3) is 4.22. The van der Waals surface area contributed by atoms with Gasteiger partial charge in [-0.25, -0.2) is 9.07 Å². The molecule has 3 rings (SSSR count). The first-order valence-corrected chi connectivity index (χ1v) is 9.86. The molecule has 3 aromatic rings. The van der Waals surface area contributed by atoms with Gasteiger partial charge in [-0.15, -0.1) is 5.10 Å². The van der Waals surface area contributed by atoms with Gasteiger partial charge in [-0.3, -0.25) is 4.79 Å². The zero-order chi connectivity index (χ0) is 22.3. The van der Waals surface area contributed by atoms with Crippen molar-refractivity contribution in [3.63, 3.8) is 0 Å². The molecule has 158 valence electrons. The molecule has 0 aliphatic heterocycles. The van der Waals surface area contributed by atoms with Crippen molar-refractivity contribution in [2.24, 2.45) is 0 Å². The summed E-state index contributed by atoms with van der Waals surface area (Å²) in [5.41, 5.74) is 3.30. The summed E-state index contributed by atoms with van der Waals surface area (Å²) in [4.78, 5) is 11.0. The van der Waals surface area contributed by atoms with Gasteiger partial charge in [-0.05, 0) is 47.2 Å². The molecule has 0 bridgehead atoms. The number of amides is 1. The predicted octanol–water partition coefficient (Wildman–Crippen LogP) is 5.55. The smallest absolute Gasteiger partial charge is 0.212 e. The fourth-order valence-electron chi connectivity index (χ4n) is 3.42. The normalized spacial score (nSPS) is 12.1. The molecule has 0 radical (unpaired) electrons. The lowest BCUT2D eigenvalue weighted by Gasteiger charge is -2.28.